The standard InChI is InChI=1S/C24H34N6O/c1-3-25-24(26-12-11-20-18-30-15-7-9-19(2)23(30)28-20)27-17-21(22-10-8-16-31-22)29-13-5-4-6-14-29/h7-10,15-16,18,21H,3-6,11-14,17H2,1-2H3,(H2,25,26,27). The fraction of sp³-hybridized carbons (Fsp3) is 0.500. The fourth-order valence-corrected chi connectivity index (χ4v) is 4.25. The van der Waals surface area contributed by atoms with E-state index in [1.54, 1.807) is 6.26 Å². The Labute approximate surface area is 184 Å². The second-order valence-corrected chi connectivity index (χ2v) is 8.18. The van der Waals surface area contributed by atoms with Crippen molar-refractivity contribution in [2.24, 2.45) is 4.99 Å². The zero-order chi connectivity index (χ0) is 21.5. The Bertz CT molecular complexity index is 971. The number of nitrogens with one attached hydrogen (secondary N) is 2. The van der Waals surface area contributed by atoms with Gasteiger partial charge in [-0.3, -0.25) is 9.89 Å². The number of fused-ring (bicyclic) bond motifs is 1. The molecule has 1 unspecified atom stereocenters. The van der Waals surface area contributed by atoms with Gasteiger partial charge in [0.15, 0.2) is 5.96 Å². The van der Waals surface area contributed by atoms with Crippen LogP contribution < -0.4 is 10.6 Å². The maximum absolute atomic E-state index is 5.76. The van der Waals surface area contributed by atoms with Gasteiger partial charge in [0.05, 0.1) is 24.5 Å². The van der Waals surface area contributed by atoms with Crippen LogP contribution in [-0.2, 0) is 6.42 Å². The van der Waals surface area contributed by atoms with Crippen molar-refractivity contribution in [1.82, 2.24) is 24.9 Å². The van der Waals surface area contributed by atoms with Crippen molar-refractivity contribution in [1.29, 1.82) is 0 Å². The molecule has 1 aliphatic heterocycles. The number of nitrogens with zero attached hydrogens (tertiary/aromatic N) is 4. The first-order valence-electron chi connectivity index (χ1n) is 11.5. The smallest absolute Gasteiger partial charge is 0.191 e. The molecule has 3 aromatic rings. The van der Waals surface area contributed by atoms with Crippen molar-refractivity contribution in [2.45, 2.75) is 45.6 Å². The van der Waals surface area contributed by atoms with Gasteiger partial charge < -0.3 is 19.5 Å². The summed E-state index contributed by atoms with van der Waals surface area (Å²) < 4.78 is 7.85. The van der Waals surface area contributed by atoms with Gasteiger partial charge in [-0.15, -0.1) is 0 Å². The van der Waals surface area contributed by atoms with Crippen LogP contribution in [0.2, 0.25) is 0 Å². The minimum Gasteiger partial charge on any atom is -0.468 e. The lowest BCUT2D eigenvalue weighted by atomic mass is 10.1. The highest BCUT2D eigenvalue weighted by molar-refractivity contribution is 5.79. The third-order valence-corrected chi connectivity index (χ3v) is 5.87. The number of guanidine groups is 1. The minimum atomic E-state index is 0.187. The van der Waals surface area contributed by atoms with Gasteiger partial charge in [-0.25, -0.2) is 4.98 Å². The molecule has 4 heterocycles. The molecule has 1 fully saturated rings. The van der Waals surface area contributed by atoms with Crippen molar-refractivity contribution in [3.05, 3.63) is 59.9 Å². The second-order valence-electron chi connectivity index (χ2n) is 8.18. The molecule has 0 aromatic carbocycles. The first-order chi connectivity index (χ1) is 15.2. The highest BCUT2D eigenvalue weighted by Crippen LogP contribution is 2.25. The van der Waals surface area contributed by atoms with E-state index >= 15 is 0 Å². The average Bonchev–Trinajstić information content (AvgIpc) is 3.45. The summed E-state index contributed by atoms with van der Waals surface area (Å²) in [5, 5.41) is 6.84. The summed E-state index contributed by atoms with van der Waals surface area (Å²) in [6.45, 7) is 8.69. The summed E-state index contributed by atoms with van der Waals surface area (Å²) in [5.41, 5.74) is 3.30. The first-order valence-corrected chi connectivity index (χ1v) is 11.5. The van der Waals surface area contributed by atoms with Crippen molar-refractivity contribution in [2.75, 3.05) is 32.7 Å². The van der Waals surface area contributed by atoms with Crippen LogP contribution in [0.1, 0.15) is 49.2 Å². The molecule has 7 nitrogen and oxygen atoms in total. The number of rotatable bonds is 8. The largest absolute Gasteiger partial charge is 0.468 e. The van der Waals surface area contributed by atoms with E-state index in [2.05, 4.69) is 58.2 Å². The molecule has 31 heavy (non-hydrogen) atoms. The third-order valence-electron chi connectivity index (χ3n) is 5.87. The van der Waals surface area contributed by atoms with E-state index in [0.717, 1.165) is 55.7 Å². The quantitative estimate of drug-likeness (QED) is 0.429. The number of imidazole rings is 1. The molecule has 2 N–H and O–H groups in total. The molecule has 1 aliphatic rings. The molecule has 0 bridgehead atoms. The third kappa shape index (κ3) is 5.47. The van der Waals surface area contributed by atoms with Crippen molar-refractivity contribution >= 4 is 11.6 Å². The number of furan rings is 1. The van der Waals surface area contributed by atoms with Crippen LogP contribution >= 0.6 is 0 Å². The summed E-state index contributed by atoms with van der Waals surface area (Å²) in [6, 6.07) is 8.38. The first kappa shape index (κ1) is 21.4. The normalized spacial score (nSPS) is 16.5. The van der Waals surface area contributed by atoms with E-state index in [1.165, 1.54) is 24.8 Å². The Hall–Kier alpha value is -2.80. The highest BCUT2D eigenvalue weighted by Gasteiger charge is 2.24. The van der Waals surface area contributed by atoms with E-state index in [4.69, 9.17) is 14.4 Å². The van der Waals surface area contributed by atoms with Crippen LogP contribution in [0.3, 0.4) is 0 Å². The number of hydrogen-bond donors (Lipinski definition) is 2. The molecule has 0 spiro atoms. The summed E-state index contributed by atoms with van der Waals surface area (Å²) in [4.78, 5) is 12.2. The van der Waals surface area contributed by atoms with Gasteiger partial charge in [0.1, 0.15) is 11.4 Å². The predicted molar refractivity (Wildman–Crippen MR) is 124 cm³/mol. The molecule has 0 radical (unpaired) electrons. The number of hydrogen-bond acceptors (Lipinski definition) is 4. The number of aryl methyl sites for hydroxylation is 1. The van der Waals surface area contributed by atoms with Crippen molar-refractivity contribution in [3.63, 3.8) is 0 Å². The number of likely N-dealkylation sites (tertiary alicyclic amines) is 1. The second kappa shape index (κ2) is 10.5. The predicted octanol–water partition coefficient (Wildman–Crippen LogP) is 3.56. The van der Waals surface area contributed by atoms with Gasteiger partial charge in [0.2, 0.25) is 0 Å². The maximum atomic E-state index is 5.76. The van der Waals surface area contributed by atoms with Gasteiger partial charge in [-0.1, -0.05) is 12.5 Å². The summed E-state index contributed by atoms with van der Waals surface area (Å²) in [7, 11) is 0. The van der Waals surface area contributed by atoms with E-state index in [1.807, 2.05) is 12.3 Å². The summed E-state index contributed by atoms with van der Waals surface area (Å²) in [5.74, 6) is 1.84. The highest BCUT2D eigenvalue weighted by atomic mass is 16.3. The Balaban J connectivity index is 1.38. The number of aromatic nitrogens is 2. The molecule has 4 rings (SSSR count). The van der Waals surface area contributed by atoms with Crippen LogP contribution in [-0.4, -0.2) is 53.0 Å². The molecular formula is C24H34N6O. The van der Waals surface area contributed by atoms with E-state index < -0.39 is 0 Å². The molecular weight excluding hydrogens is 388 g/mol. The summed E-state index contributed by atoms with van der Waals surface area (Å²) >= 11 is 0. The van der Waals surface area contributed by atoms with Crippen molar-refractivity contribution < 1.29 is 4.42 Å². The zero-order valence-corrected chi connectivity index (χ0v) is 18.7. The van der Waals surface area contributed by atoms with Gasteiger partial charge in [0.25, 0.3) is 0 Å². The Morgan fingerprint density at radius 2 is 2.06 bits per heavy atom. The number of piperidine rings is 1. The van der Waals surface area contributed by atoms with Gasteiger partial charge >= 0.3 is 0 Å². The Kier molecular flexibility index (Phi) is 7.25. The van der Waals surface area contributed by atoms with E-state index in [-0.39, 0.29) is 6.04 Å². The number of aliphatic imine (C=N–C) groups is 1. The molecule has 7 heteroatoms. The molecule has 3 aromatic heterocycles. The monoisotopic (exact) mass is 422 g/mol. The van der Waals surface area contributed by atoms with Crippen LogP contribution in [0.5, 0.6) is 0 Å². The fourth-order valence-electron chi connectivity index (χ4n) is 4.25. The lowest BCUT2D eigenvalue weighted by Gasteiger charge is -2.32. The van der Waals surface area contributed by atoms with Gasteiger partial charge in [-0.05, 0) is 63.5 Å². The van der Waals surface area contributed by atoms with Crippen LogP contribution in [0, 0.1) is 6.92 Å². The van der Waals surface area contributed by atoms with Gasteiger partial charge in [-0.2, -0.15) is 0 Å². The molecule has 0 saturated carbocycles. The van der Waals surface area contributed by atoms with Gasteiger partial charge in [0, 0.05) is 31.9 Å². The molecule has 0 amide bonds. The maximum Gasteiger partial charge on any atom is 0.191 e. The number of pyridine rings is 1. The van der Waals surface area contributed by atoms with E-state index in [9.17, 15) is 0 Å². The van der Waals surface area contributed by atoms with Crippen LogP contribution in [0.4, 0.5) is 0 Å². The molecule has 166 valence electrons. The van der Waals surface area contributed by atoms with E-state index in [0.29, 0.717) is 6.54 Å². The molecule has 0 aliphatic carbocycles. The minimum absolute atomic E-state index is 0.187. The molecule has 1 saturated heterocycles. The van der Waals surface area contributed by atoms with Crippen molar-refractivity contribution in [3.8, 4) is 0 Å². The zero-order valence-electron chi connectivity index (χ0n) is 18.7. The Morgan fingerprint density at radius 3 is 2.81 bits per heavy atom. The lowest BCUT2D eigenvalue weighted by Crippen LogP contribution is -2.40. The topological polar surface area (TPSA) is 70.1 Å². The summed E-state index contributed by atoms with van der Waals surface area (Å²) in [6.07, 6.45) is 10.6. The lowest BCUT2D eigenvalue weighted by molar-refractivity contribution is 0.150. The van der Waals surface area contributed by atoms with Crippen LogP contribution in [0.25, 0.3) is 5.65 Å². The molecule has 1 atom stereocenters. The Morgan fingerprint density at radius 1 is 1.19 bits per heavy atom. The average molecular weight is 423 g/mol. The van der Waals surface area contributed by atoms with Crippen LogP contribution in [0.15, 0.2) is 52.3 Å². The SMILES string of the molecule is CCNC(=NCC(c1ccco1)N1CCCCC1)NCCc1cn2cccc(C)c2n1.